The summed E-state index contributed by atoms with van der Waals surface area (Å²) in [5.74, 6) is -2.21. The molecular weight excluding hydrogens is 263 g/mol. The Hall–Kier alpha value is -2.11. The maximum atomic E-state index is 13.2. The van der Waals surface area contributed by atoms with Crippen LogP contribution in [0.1, 0.15) is 37.6 Å². The number of carbonyl (C=O) groups is 2. The Labute approximate surface area is 117 Å². The van der Waals surface area contributed by atoms with Crippen molar-refractivity contribution in [3.8, 4) is 0 Å². The van der Waals surface area contributed by atoms with E-state index in [0.717, 1.165) is 18.6 Å². The number of rotatable bonds is 5. The number of carbonyl (C=O) groups excluding carboxylic acids is 1. The van der Waals surface area contributed by atoms with Gasteiger partial charge in [-0.1, -0.05) is 20.8 Å². The highest BCUT2D eigenvalue weighted by molar-refractivity contribution is 5.93. The molecule has 0 heterocycles. The minimum atomic E-state index is -1.38. The summed E-state index contributed by atoms with van der Waals surface area (Å²) < 4.78 is 13.2. The minimum Gasteiger partial charge on any atom is -0.478 e. The third-order valence-electron chi connectivity index (χ3n) is 3.14. The zero-order valence-corrected chi connectivity index (χ0v) is 11.8. The SMILES string of the molecule is CCC(C)(C)CNC(=O)Nc1ccc(F)c(C(=O)O)c1. The van der Waals surface area contributed by atoms with Crippen molar-refractivity contribution in [2.75, 3.05) is 11.9 Å². The summed E-state index contributed by atoms with van der Waals surface area (Å²) >= 11 is 0. The molecule has 3 N–H and O–H groups in total. The molecule has 0 bridgehead atoms. The van der Waals surface area contributed by atoms with Crippen LogP contribution in [-0.2, 0) is 0 Å². The number of urea groups is 1. The Balaban J connectivity index is 2.67. The number of benzene rings is 1. The lowest BCUT2D eigenvalue weighted by Gasteiger charge is -2.22. The fraction of sp³-hybridized carbons (Fsp3) is 0.429. The molecule has 0 spiro atoms. The van der Waals surface area contributed by atoms with E-state index in [4.69, 9.17) is 5.11 Å². The van der Waals surface area contributed by atoms with Crippen molar-refractivity contribution in [2.24, 2.45) is 5.41 Å². The number of hydrogen-bond acceptors (Lipinski definition) is 2. The zero-order chi connectivity index (χ0) is 15.3. The van der Waals surface area contributed by atoms with Gasteiger partial charge in [0.15, 0.2) is 0 Å². The first-order valence-electron chi connectivity index (χ1n) is 6.33. The van der Waals surface area contributed by atoms with Gasteiger partial charge in [0, 0.05) is 12.2 Å². The van der Waals surface area contributed by atoms with Crippen LogP contribution in [0.25, 0.3) is 0 Å². The first-order valence-corrected chi connectivity index (χ1v) is 6.33. The predicted molar refractivity (Wildman–Crippen MR) is 74.5 cm³/mol. The van der Waals surface area contributed by atoms with E-state index in [1.165, 1.54) is 6.07 Å². The largest absolute Gasteiger partial charge is 0.478 e. The Bertz CT molecular complexity index is 515. The molecule has 20 heavy (non-hydrogen) atoms. The zero-order valence-electron chi connectivity index (χ0n) is 11.8. The van der Waals surface area contributed by atoms with Crippen molar-refractivity contribution in [3.63, 3.8) is 0 Å². The molecule has 0 aliphatic rings. The van der Waals surface area contributed by atoms with Gasteiger partial charge in [0.1, 0.15) is 5.82 Å². The summed E-state index contributed by atoms with van der Waals surface area (Å²) in [5, 5.41) is 14.0. The normalized spacial score (nSPS) is 11.0. The number of hydrogen-bond donors (Lipinski definition) is 3. The van der Waals surface area contributed by atoms with Crippen molar-refractivity contribution < 1.29 is 19.1 Å². The Kier molecular flexibility index (Phi) is 5.07. The summed E-state index contributed by atoms with van der Waals surface area (Å²) in [6, 6.07) is 2.96. The van der Waals surface area contributed by atoms with Crippen LogP contribution in [0, 0.1) is 11.2 Å². The molecule has 0 unspecified atom stereocenters. The van der Waals surface area contributed by atoms with E-state index < -0.39 is 23.4 Å². The van der Waals surface area contributed by atoms with E-state index in [-0.39, 0.29) is 11.1 Å². The van der Waals surface area contributed by atoms with Crippen molar-refractivity contribution in [1.82, 2.24) is 5.32 Å². The molecule has 1 aromatic rings. The number of carboxylic acids is 1. The number of amides is 2. The van der Waals surface area contributed by atoms with Gasteiger partial charge in [-0.2, -0.15) is 0 Å². The Morgan fingerprint density at radius 3 is 2.55 bits per heavy atom. The van der Waals surface area contributed by atoms with Crippen LogP contribution in [-0.4, -0.2) is 23.7 Å². The van der Waals surface area contributed by atoms with E-state index in [1.54, 1.807) is 0 Å². The van der Waals surface area contributed by atoms with E-state index in [2.05, 4.69) is 10.6 Å². The molecule has 0 fully saturated rings. The maximum absolute atomic E-state index is 13.2. The molecule has 0 atom stereocenters. The summed E-state index contributed by atoms with van der Waals surface area (Å²) in [6.07, 6.45) is 0.910. The van der Waals surface area contributed by atoms with Gasteiger partial charge in [0.25, 0.3) is 0 Å². The maximum Gasteiger partial charge on any atom is 0.338 e. The number of carboxylic acid groups (broad SMARTS) is 1. The molecule has 1 rings (SSSR count). The van der Waals surface area contributed by atoms with Gasteiger partial charge in [-0.05, 0) is 30.0 Å². The highest BCUT2D eigenvalue weighted by Gasteiger charge is 2.16. The van der Waals surface area contributed by atoms with Gasteiger partial charge in [-0.25, -0.2) is 14.0 Å². The average Bonchev–Trinajstić information content (AvgIpc) is 2.38. The second kappa shape index (κ2) is 6.36. The van der Waals surface area contributed by atoms with Crippen LogP contribution in [0.5, 0.6) is 0 Å². The fourth-order valence-corrected chi connectivity index (χ4v) is 1.39. The third-order valence-corrected chi connectivity index (χ3v) is 3.14. The first-order chi connectivity index (χ1) is 9.25. The van der Waals surface area contributed by atoms with Crippen molar-refractivity contribution in [2.45, 2.75) is 27.2 Å². The molecule has 0 radical (unpaired) electrons. The van der Waals surface area contributed by atoms with Crippen LogP contribution < -0.4 is 10.6 Å². The van der Waals surface area contributed by atoms with Crippen molar-refractivity contribution >= 4 is 17.7 Å². The van der Waals surface area contributed by atoms with Crippen LogP contribution >= 0.6 is 0 Å². The molecule has 110 valence electrons. The van der Waals surface area contributed by atoms with E-state index in [1.807, 2.05) is 20.8 Å². The monoisotopic (exact) mass is 282 g/mol. The summed E-state index contributed by atoms with van der Waals surface area (Å²) in [5.41, 5.74) is -0.265. The predicted octanol–water partition coefficient (Wildman–Crippen LogP) is 3.08. The fourth-order valence-electron chi connectivity index (χ4n) is 1.39. The first kappa shape index (κ1) is 15.9. The molecule has 0 saturated heterocycles. The summed E-state index contributed by atoms with van der Waals surface area (Å²) in [4.78, 5) is 22.5. The van der Waals surface area contributed by atoms with Gasteiger partial charge in [0.05, 0.1) is 5.56 Å². The number of anilines is 1. The number of nitrogens with one attached hydrogen (secondary N) is 2. The molecule has 6 heteroatoms. The van der Waals surface area contributed by atoms with Crippen LogP contribution in [0.15, 0.2) is 18.2 Å². The smallest absolute Gasteiger partial charge is 0.338 e. The van der Waals surface area contributed by atoms with Gasteiger partial charge < -0.3 is 15.7 Å². The molecule has 0 aliphatic heterocycles. The lowest BCUT2D eigenvalue weighted by atomic mass is 9.90. The summed E-state index contributed by atoms with van der Waals surface area (Å²) in [7, 11) is 0. The third kappa shape index (κ3) is 4.53. The van der Waals surface area contributed by atoms with Crippen LogP contribution in [0.4, 0.5) is 14.9 Å². The summed E-state index contributed by atoms with van der Waals surface area (Å²) in [6.45, 7) is 6.56. The second-order valence-electron chi connectivity index (χ2n) is 5.33. The van der Waals surface area contributed by atoms with E-state index >= 15 is 0 Å². The standard InChI is InChI=1S/C14H19FN2O3/c1-4-14(2,3)8-16-13(20)17-9-5-6-11(15)10(7-9)12(18)19/h5-7H,4,8H2,1-3H3,(H,18,19)(H2,16,17,20). The molecular formula is C14H19FN2O3. The Morgan fingerprint density at radius 1 is 1.35 bits per heavy atom. The van der Waals surface area contributed by atoms with Crippen LogP contribution in [0.2, 0.25) is 0 Å². The van der Waals surface area contributed by atoms with E-state index in [0.29, 0.717) is 6.54 Å². The lowest BCUT2D eigenvalue weighted by molar-refractivity contribution is 0.0692. The number of halogens is 1. The van der Waals surface area contributed by atoms with Crippen molar-refractivity contribution in [1.29, 1.82) is 0 Å². The molecule has 0 aromatic heterocycles. The topological polar surface area (TPSA) is 78.4 Å². The van der Waals surface area contributed by atoms with Gasteiger partial charge in [0.2, 0.25) is 0 Å². The van der Waals surface area contributed by atoms with Gasteiger partial charge >= 0.3 is 12.0 Å². The van der Waals surface area contributed by atoms with Gasteiger partial charge in [-0.3, -0.25) is 0 Å². The molecule has 1 aromatic carbocycles. The minimum absolute atomic E-state index is 0.0215. The van der Waals surface area contributed by atoms with Gasteiger partial charge in [-0.15, -0.1) is 0 Å². The quantitative estimate of drug-likeness (QED) is 0.776. The van der Waals surface area contributed by atoms with Crippen molar-refractivity contribution in [3.05, 3.63) is 29.6 Å². The molecule has 0 aliphatic carbocycles. The molecule has 2 amide bonds. The second-order valence-corrected chi connectivity index (χ2v) is 5.33. The highest BCUT2D eigenvalue weighted by atomic mass is 19.1. The number of aromatic carboxylic acids is 1. The lowest BCUT2D eigenvalue weighted by Crippen LogP contribution is -2.36. The molecule has 5 nitrogen and oxygen atoms in total. The van der Waals surface area contributed by atoms with E-state index in [9.17, 15) is 14.0 Å². The highest BCUT2D eigenvalue weighted by Crippen LogP contribution is 2.18. The average molecular weight is 282 g/mol. The Morgan fingerprint density at radius 2 is 2.00 bits per heavy atom. The van der Waals surface area contributed by atoms with Crippen LogP contribution in [0.3, 0.4) is 0 Å². The molecule has 0 saturated carbocycles.